The van der Waals surface area contributed by atoms with Crippen LogP contribution in [0.15, 0.2) is 48.5 Å². The molecule has 0 saturated carbocycles. The molecule has 3 rings (SSSR count). The molecule has 0 spiro atoms. The maximum Gasteiger partial charge on any atom is 0.253 e. The average Bonchev–Trinajstić information content (AvgIpc) is 2.74. The zero-order valence-corrected chi connectivity index (χ0v) is 18.1. The number of nitrogens with one attached hydrogen (secondary N) is 2. The minimum Gasteiger partial charge on any atom is -0.352 e. The van der Waals surface area contributed by atoms with E-state index in [-0.39, 0.29) is 17.7 Å². The third-order valence-corrected chi connectivity index (χ3v) is 5.61. The highest BCUT2D eigenvalue weighted by molar-refractivity contribution is 6.04. The third-order valence-electron chi connectivity index (χ3n) is 5.61. The molecule has 1 fully saturated rings. The Hall–Kier alpha value is -2.66. The highest BCUT2D eigenvalue weighted by atomic mass is 16.2. The summed E-state index contributed by atoms with van der Waals surface area (Å²) in [6.45, 7) is 7.45. The molecule has 2 aromatic carbocycles. The smallest absolute Gasteiger partial charge is 0.253 e. The van der Waals surface area contributed by atoms with E-state index in [1.54, 1.807) is 12.1 Å². The average molecular weight is 408 g/mol. The molecule has 0 aromatic heterocycles. The van der Waals surface area contributed by atoms with Gasteiger partial charge in [0, 0.05) is 19.6 Å². The van der Waals surface area contributed by atoms with Crippen LogP contribution in [-0.2, 0) is 11.3 Å². The molecule has 0 aliphatic carbocycles. The number of carbonyl (C=O) groups is 2. The van der Waals surface area contributed by atoms with Gasteiger partial charge in [0.1, 0.15) is 0 Å². The van der Waals surface area contributed by atoms with Crippen molar-refractivity contribution in [2.45, 2.75) is 46.1 Å². The Bertz CT molecular complexity index is 865. The van der Waals surface area contributed by atoms with Gasteiger partial charge < -0.3 is 10.6 Å². The van der Waals surface area contributed by atoms with Gasteiger partial charge in [-0.1, -0.05) is 55.3 Å². The molecule has 1 heterocycles. The summed E-state index contributed by atoms with van der Waals surface area (Å²) in [6.07, 6.45) is 3.85. The summed E-state index contributed by atoms with van der Waals surface area (Å²) in [7, 11) is 0. The largest absolute Gasteiger partial charge is 0.352 e. The highest BCUT2D eigenvalue weighted by Crippen LogP contribution is 2.22. The number of piperidine rings is 1. The maximum atomic E-state index is 13.0. The number of benzene rings is 2. The zero-order chi connectivity index (χ0) is 21.3. The second-order valence-electron chi connectivity index (χ2n) is 8.21. The molecule has 30 heavy (non-hydrogen) atoms. The van der Waals surface area contributed by atoms with Crippen LogP contribution in [-0.4, -0.2) is 36.3 Å². The summed E-state index contributed by atoms with van der Waals surface area (Å²) < 4.78 is 0. The Morgan fingerprint density at radius 1 is 1.13 bits per heavy atom. The van der Waals surface area contributed by atoms with Crippen molar-refractivity contribution < 1.29 is 9.59 Å². The Balaban J connectivity index is 1.61. The number of para-hydroxylation sites is 1. The summed E-state index contributed by atoms with van der Waals surface area (Å²) >= 11 is 0. The lowest BCUT2D eigenvalue weighted by atomic mass is 9.96. The Labute approximate surface area is 179 Å². The van der Waals surface area contributed by atoms with Gasteiger partial charge >= 0.3 is 0 Å². The van der Waals surface area contributed by atoms with Gasteiger partial charge in [0.15, 0.2) is 0 Å². The zero-order valence-electron chi connectivity index (χ0n) is 18.1. The molecule has 1 atom stereocenters. The first kappa shape index (κ1) is 22.0. The number of rotatable bonds is 8. The molecular formula is C25H33N3O2. The van der Waals surface area contributed by atoms with Gasteiger partial charge in [-0.25, -0.2) is 0 Å². The number of unbranched alkanes of at least 4 members (excludes halogenated alkanes) is 1. The minimum atomic E-state index is -0.135. The molecule has 2 N–H and O–H groups in total. The standard InChI is InChI=1S/C25H33N3O2/c1-3-4-14-26-25(30)22-12-5-6-13-23(22)27-24(29)21-11-8-15-28(18-21)17-20-10-7-9-19(2)16-20/h5-7,9-10,12-13,16,21H,3-4,8,11,14-15,17-18H2,1-2H3,(H,26,30)(H,27,29). The van der Waals surface area contributed by atoms with Gasteiger partial charge in [0.25, 0.3) is 5.91 Å². The Morgan fingerprint density at radius 3 is 2.77 bits per heavy atom. The molecule has 1 aliphatic heterocycles. The van der Waals surface area contributed by atoms with E-state index in [4.69, 9.17) is 0 Å². The van der Waals surface area contributed by atoms with Crippen molar-refractivity contribution in [1.29, 1.82) is 0 Å². The van der Waals surface area contributed by atoms with E-state index in [0.717, 1.165) is 45.3 Å². The van der Waals surface area contributed by atoms with Crippen molar-refractivity contribution in [3.05, 3.63) is 65.2 Å². The molecule has 2 amide bonds. The first-order valence-electron chi connectivity index (χ1n) is 11.0. The predicted octanol–water partition coefficient (Wildman–Crippen LogP) is 4.38. The molecule has 160 valence electrons. The van der Waals surface area contributed by atoms with Crippen molar-refractivity contribution in [1.82, 2.24) is 10.2 Å². The van der Waals surface area contributed by atoms with Crippen LogP contribution in [0.4, 0.5) is 5.69 Å². The summed E-state index contributed by atoms with van der Waals surface area (Å²) in [4.78, 5) is 27.8. The monoisotopic (exact) mass is 407 g/mol. The van der Waals surface area contributed by atoms with Gasteiger partial charge in [-0.2, -0.15) is 0 Å². The van der Waals surface area contributed by atoms with Crippen LogP contribution in [0.2, 0.25) is 0 Å². The van der Waals surface area contributed by atoms with Gasteiger partial charge in [-0.15, -0.1) is 0 Å². The molecule has 1 aliphatic rings. The van der Waals surface area contributed by atoms with Crippen molar-refractivity contribution >= 4 is 17.5 Å². The fourth-order valence-electron chi connectivity index (χ4n) is 3.98. The number of amides is 2. The molecule has 5 nitrogen and oxygen atoms in total. The normalized spacial score (nSPS) is 16.8. The Kier molecular flexibility index (Phi) is 8.03. The van der Waals surface area contributed by atoms with E-state index >= 15 is 0 Å². The number of anilines is 1. The molecule has 0 radical (unpaired) electrons. The molecule has 1 saturated heterocycles. The fraction of sp³-hybridized carbons (Fsp3) is 0.440. The van der Waals surface area contributed by atoms with Crippen LogP contribution >= 0.6 is 0 Å². The number of aryl methyl sites for hydroxylation is 1. The number of nitrogens with zero attached hydrogens (tertiary/aromatic N) is 1. The minimum absolute atomic E-state index is 0.00208. The van der Waals surface area contributed by atoms with Crippen molar-refractivity contribution in [2.75, 3.05) is 25.0 Å². The Morgan fingerprint density at radius 2 is 1.97 bits per heavy atom. The topological polar surface area (TPSA) is 61.4 Å². The lowest BCUT2D eigenvalue weighted by Crippen LogP contribution is -2.40. The summed E-state index contributed by atoms with van der Waals surface area (Å²) in [6, 6.07) is 15.8. The van der Waals surface area contributed by atoms with E-state index in [2.05, 4.69) is 53.6 Å². The molecular weight excluding hydrogens is 374 g/mol. The molecule has 1 unspecified atom stereocenters. The SMILES string of the molecule is CCCCNC(=O)c1ccccc1NC(=O)C1CCCN(Cc2cccc(C)c2)C1. The first-order valence-corrected chi connectivity index (χ1v) is 11.0. The predicted molar refractivity (Wildman–Crippen MR) is 121 cm³/mol. The van der Waals surface area contributed by atoms with E-state index in [1.807, 2.05) is 12.1 Å². The number of hydrogen-bond acceptors (Lipinski definition) is 3. The molecule has 2 aromatic rings. The van der Waals surface area contributed by atoms with E-state index in [0.29, 0.717) is 17.8 Å². The fourth-order valence-corrected chi connectivity index (χ4v) is 3.98. The van der Waals surface area contributed by atoms with Crippen LogP contribution in [0, 0.1) is 12.8 Å². The number of likely N-dealkylation sites (tertiary alicyclic amines) is 1. The van der Waals surface area contributed by atoms with Crippen LogP contribution in [0.5, 0.6) is 0 Å². The van der Waals surface area contributed by atoms with Crippen molar-refractivity contribution in [3.8, 4) is 0 Å². The molecule has 0 bridgehead atoms. The van der Waals surface area contributed by atoms with Crippen LogP contribution in [0.25, 0.3) is 0 Å². The van der Waals surface area contributed by atoms with Gasteiger partial charge in [0.05, 0.1) is 17.2 Å². The second kappa shape index (κ2) is 10.9. The summed E-state index contributed by atoms with van der Waals surface area (Å²) in [5, 5.41) is 5.95. The van der Waals surface area contributed by atoms with E-state index in [1.165, 1.54) is 11.1 Å². The first-order chi connectivity index (χ1) is 14.6. The van der Waals surface area contributed by atoms with Gasteiger partial charge in [-0.05, 0) is 50.4 Å². The highest BCUT2D eigenvalue weighted by Gasteiger charge is 2.26. The van der Waals surface area contributed by atoms with Crippen LogP contribution in [0.1, 0.15) is 54.1 Å². The quantitative estimate of drug-likeness (QED) is 0.639. The summed E-state index contributed by atoms with van der Waals surface area (Å²) in [5.74, 6) is -0.207. The summed E-state index contributed by atoms with van der Waals surface area (Å²) in [5.41, 5.74) is 3.65. The molecule has 5 heteroatoms. The lowest BCUT2D eigenvalue weighted by molar-refractivity contribution is -0.121. The van der Waals surface area contributed by atoms with E-state index < -0.39 is 0 Å². The van der Waals surface area contributed by atoms with Gasteiger partial charge in [0.2, 0.25) is 5.91 Å². The van der Waals surface area contributed by atoms with Crippen molar-refractivity contribution in [3.63, 3.8) is 0 Å². The lowest BCUT2D eigenvalue weighted by Gasteiger charge is -2.32. The third kappa shape index (κ3) is 6.17. The van der Waals surface area contributed by atoms with Crippen LogP contribution < -0.4 is 10.6 Å². The van der Waals surface area contributed by atoms with E-state index in [9.17, 15) is 9.59 Å². The van der Waals surface area contributed by atoms with Gasteiger partial charge in [-0.3, -0.25) is 14.5 Å². The second-order valence-corrected chi connectivity index (χ2v) is 8.21. The number of hydrogen-bond donors (Lipinski definition) is 2. The van der Waals surface area contributed by atoms with Crippen molar-refractivity contribution in [2.24, 2.45) is 5.92 Å². The van der Waals surface area contributed by atoms with Crippen LogP contribution in [0.3, 0.4) is 0 Å². The number of carbonyl (C=O) groups excluding carboxylic acids is 2. The maximum absolute atomic E-state index is 13.0.